The smallest absolute Gasteiger partial charge is 0.181 e. The topological polar surface area (TPSA) is 63.3 Å². The van der Waals surface area contributed by atoms with Gasteiger partial charge in [0.1, 0.15) is 5.76 Å². The Labute approximate surface area is 128 Å². The third-order valence-electron chi connectivity index (χ3n) is 2.92. The first-order valence-electron chi connectivity index (χ1n) is 6.76. The van der Waals surface area contributed by atoms with Crippen molar-refractivity contribution in [2.75, 3.05) is 5.43 Å². The molecule has 3 rings (SSSR count). The van der Waals surface area contributed by atoms with E-state index in [0.717, 1.165) is 22.6 Å². The van der Waals surface area contributed by atoms with Gasteiger partial charge in [-0.05, 0) is 41.5 Å². The summed E-state index contributed by atoms with van der Waals surface area (Å²) in [5.41, 5.74) is 5.97. The Balaban J connectivity index is 1.58. The molecule has 0 unspecified atom stereocenters. The summed E-state index contributed by atoms with van der Waals surface area (Å²) < 4.78 is 5.14. The second kappa shape index (κ2) is 6.99. The third kappa shape index (κ3) is 3.89. The van der Waals surface area contributed by atoms with E-state index in [1.54, 1.807) is 24.8 Å². The van der Waals surface area contributed by atoms with Gasteiger partial charge in [-0.25, -0.2) is 4.98 Å². The van der Waals surface area contributed by atoms with E-state index >= 15 is 0 Å². The van der Waals surface area contributed by atoms with E-state index in [9.17, 15) is 0 Å². The van der Waals surface area contributed by atoms with Crippen LogP contribution in [-0.4, -0.2) is 16.2 Å². The molecule has 22 heavy (non-hydrogen) atoms. The Morgan fingerprint density at radius 1 is 0.909 bits per heavy atom. The van der Waals surface area contributed by atoms with Crippen molar-refractivity contribution >= 4 is 24.1 Å². The van der Waals surface area contributed by atoms with Gasteiger partial charge in [0.05, 0.1) is 18.1 Å². The van der Waals surface area contributed by atoms with Crippen molar-refractivity contribution in [2.45, 2.75) is 0 Å². The molecule has 0 atom stereocenters. The molecule has 1 N–H and O–H groups in total. The summed E-state index contributed by atoms with van der Waals surface area (Å²) in [6, 6.07) is 11.7. The molecule has 3 aromatic rings. The fraction of sp³-hybridized carbons (Fsp3) is 0. The zero-order valence-corrected chi connectivity index (χ0v) is 11.8. The lowest BCUT2D eigenvalue weighted by Gasteiger charge is -2.00. The van der Waals surface area contributed by atoms with Crippen molar-refractivity contribution in [2.24, 2.45) is 5.10 Å². The average Bonchev–Trinajstić information content (AvgIpc) is 3.09. The van der Waals surface area contributed by atoms with Crippen molar-refractivity contribution in [3.63, 3.8) is 0 Å². The number of hydrogen-bond donors (Lipinski definition) is 1. The van der Waals surface area contributed by atoms with Gasteiger partial charge in [-0.1, -0.05) is 18.2 Å². The molecule has 0 aliphatic carbocycles. The van der Waals surface area contributed by atoms with Crippen molar-refractivity contribution in [1.82, 2.24) is 9.97 Å². The van der Waals surface area contributed by atoms with E-state index < -0.39 is 0 Å². The number of nitrogens with one attached hydrogen (secondary N) is 1. The zero-order valence-electron chi connectivity index (χ0n) is 11.8. The second-order valence-electron chi connectivity index (χ2n) is 4.51. The molecule has 0 fully saturated rings. The largest absolute Gasteiger partial charge is 0.444 e. The van der Waals surface area contributed by atoms with Crippen LogP contribution in [0.3, 0.4) is 0 Å². The summed E-state index contributed by atoms with van der Waals surface area (Å²) in [6.45, 7) is 0. The Morgan fingerprint density at radius 2 is 1.73 bits per heavy atom. The van der Waals surface area contributed by atoms with Crippen molar-refractivity contribution in [3.8, 4) is 0 Å². The molecule has 108 valence electrons. The first kappa shape index (κ1) is 13.8. The maximum atomic E-state index is 5.14. The summed E-state index contributed by atoms with van der Waals surface area (Å²) >= 11 is 0. The highest BCUT2D eigenvalue weighted by molar-refractivity contribution is 5.79. The molecule has 0 bridgehead atoms. The van der Waals surface area contributed by atoms with E-state index in [0.29, 0.717) is 0 Å². The summed E-state index contributed by atoms with van der Waals surface area (Å²) in [5.74, 6) is 0.726. The highest BCUT2D eigenvalue weighted by Gasteiger charge is 1.92. The van der Waals surface area contributed by atoms with E-state index in [1.165, 1.54) is 6.39 Å². The van der Waals surface area contributed by atoms with Gasteiger partial charge >= 0.3 is 0 Å². The number of nitrogens with zero attached hydrogens (tertiary/aromatic N) is 3. The molecule has 2 aromatic heterocycles. The maximum Gasteiger partial charge on any atom is 0.181 e. The van der Waals surface area contributed by atoms with Crippen LogP contribution in [0.4, 0.5) is 5.69 Å². The molecule has 0 aliphatic rings. The number of hydrazone groups is 1. The van der Waals surface area contributed by atoms with Gasteiger partial charge in [0.15, 0.2) is 6.39 Å². The van der Waals surface area contributed by atoms with Crippen molar-refractivity contribution in [1.29, 1.82) is 0 Å². The van der Waals surface area contributed by atoms with E-state index in [4.69, 9.17) is 4.42 Å². The molecular weight excluding hydrogens is 276 g/mol. The fourth-order valence-corrected chi connectivity index (χ4v) is 1.79. The highest BCUT2D eigenvalue weighted by atomic mass is 16.3. The van der Waals surface area contributed by atoms with Crippen LogP contribution < -0.4 is 5.43 Å². The molecule has 1 aromatic carbocycles. The number of hydrogen-bond acceptors (Lipinski definition) is 5. The zero-order chi connectivity index (χ0) is 15.0. The standard InChI is InChI=1S/C17H14N4O/c1-4-16(21-20-11-15-7-9-18-10-8-15)5-2-14(1)3-6-17-12-19-13-22-17/h1-13,21H/b6-3?,20-11+. The van der Waals surface area contributed by atoms with Crippen LogP contribution in [0.5, 0.6) is 0 Å². The Kier molecular flexibility index (Phi) is 4.37. The van der Waals surface area contributed by atoms with Crippen molar-refractivity contribution < 1.29 is 4.42 Å². The SMILES string of the molecule is C(=Cc1cnco1)c1ccc(N/N=C/c2ccncc2)cc1. The molecule has 5 nitrogen and oxygen atoms in total. The molecule has 0 saturated carbocycles. The van der Waals surface area contributed by atoms with Crippen molar-refractivity contribution in [3.05, 3.63) is 78.3 Å². The molecule has 0 amide bonds. The highest BCUT2D eigenvalue weighted by Crippen LogP contribution is 2.12. The number of rotatable bonds is 5. The van der Waals surface area contributed by atoms with Crippen LogP contribution in [0.25, 0.3) is 12.2 Å². The molecule has 2 heterocycles. The van der Waals surface area contributed by atoms with Crippen LogP contribution in [0.15, 0.2) is 70.9 Å². The van der Waals surface area contributed by atoms with E-state index in [1.807, 2.05) is 48.6 Å². The summed E-state index contributed by atoms with van der Waals surface area (Å²) in [4.78, 5) is 7.82. The summed E-state index contributed by atoms with van der Waals surface area (Å²) in [7, 11) is 0. The van der Waals surface area contributed by atoms with Gasteiger partial charge in [-0.2, -0.15) is 5.10 Å². The van der Waals surface area contributed by atoms with E-state index in [2.05, 4.69) is 20.5 Å². The van der Waals surface area contributed by atoms with Crippen LogP contribution in [-0.2, 0) is 0 Å². The quantitative estimate of drug-likeness (QED) is 0.575. The molecule has 5 heteroatoms. The number of anilines is 1. The lowest BCUT2D eigenvalue weighted by atomic mass is 10.2. The summed E-state index contributed by atoms with van der Waals surface area (Å²) in [6.07, 6.45) is 12.1. The van der Waals surface area contributed by atoms with Crippen LogP contribution in [0, 0.1) is 0 Å². The predicted molar refractivity (Wildman–Crippen MR) is 87.3 cm³/mol. The number of aromatic nitrogens is 2. The number of oxazole rings is 1. The maximum absolute atomic E-state index is 5.14. The minimum Gasteiger partial charge on any atom is -0.444 e. The molecule has 0 saturated heterocycles. The minimum atomic E-state index is 0.726. The number of pyridine rings is 1. The van der Waals surface area contributed by atoms with Crippen LogP contribution in [0.2, 0.25) is 0 Å². The third-order valence-corrected chi connectivity index (χ3v) is 2.92. The van der Waals surface area contributed by atoms with Gasteiger partial charge in [-0.3, -0.25) is 10.4 Å². The van der Waals surface area contributed by atoms with Crippen LogP contribution in [0.1, 0.15) is 16.9 Å². The van der Waals surface area contributed by atoms with Gasteiger partial charge in [0, 0.05) is 12.4 Å². The molecular formula is C17H14N4O. The first-order chi connectivity index (χ1) is 10.9. The second-order valence-corrected chi connectivity index (χ2v) is 4.51. The Bertz CT molecular complexity index is 747. The molecule has 0 radical (unpaired) electrons. The lowest BCUT2D eigenvalue weighted by Crippen LogP contribution is -1.90. The molecule has 0 spiro atoms. The predicted octanol–water partition coefficient (Wildman–Crippen LogP) is 3.69. The normalized spacial score (nSPS) is 11.3. The van der Waals surface area contributed by atoms with Gasteiger partial charge in [-0.15, -0.1) is 0 Å². The first-order valence-corrected chi connectivity index (χ1v) is 6.76. The van der Waals surface area contributed by atoms with Gasteiger partial charge < -0.3 is 4.42 Å². The Hall–Kier alpha value is -3.21. The molecule has 0 aliphatic heterocycles. The van der Waals surface area contributed by atoms with E-state index in [-0.39, 0.29) is 0 Å². The van der Waals surface area contributed by atoms with Gasteiger partial charge in [0.2, 0.25) is 0 Å². The monoisotopic (exact) mass is 290 g/mol. The Morgan fingerprint density at radius 3 is 2.45 bits per heavy atom. The fourth-order valence-electron chi connectivity index (χ4n) is 1.79. The van der Waals surface area contributed by atoms with Crippen LogP contribution >= 0.6 is 0 Å². The summed E-state index contributed by atoms with van der Waals surface area (Å²) in [5, 5.41) is 4.18. The number of benzene rings is 1. The lowest BCUT2D eigenvalue weighted by molar-refractivity contribution is 0.548. The van der Waals surface area contributed by atoms with Gasteiger partial charge in [0.25, 0.3) is 0 Å². The minimum absolute atomic E-state index is 0.726. The average molecular weight is 290 g/mol.